The van der Waals surface area contributed by atoms with Gasteiger partial charge in [0, 0.05) is 6.04 Å². The number of nitrogens with zero attached hydrogens (tertiary/aromatic N) is 2. The molecule has 0 amide bonds. The van der Waals surface area contributed by atoms with Crippen molar-refractivity contribution in [1.29, 1.82) is 0 Å². The Morgan fingerprint density at radius 2 is 2.22 bits per heavy atom. The number of rotatable bonds is 5. The van der Waals surface area contributed by atoms with Gasteiger partial charge in [0.15, 0.2) is 4.34 Å². The SMILES string of the molecule is CC(C)(C)OC(=O)CSc1nnc(NC2CC2)s1. The highest BCUT2D eigenvalue weighted by molar-refractivity contribution is 8.01. The minimum atomic E-state index is -0.433. The van der Waals surface area contributed by atoms with Gasteiger partial charge in [0.25, 0.3) is 0 Å². The molecular formula is C11H17N3O2S2. The van der Waals surface area contributed by atoms with E-state index in [4.69, 9.17) is 4.74 Å². The van der Waals surface area contributed by atoms with Gasteiger partial charge in [-0.1, -0.05) is 23.1 Å². The fraction of sp³-hybridized carbons (Fsp3) is 0.727. The maximum absolute atomic E-state index is 11.5. The highest BCUT2D eigenvalue weighted by Crippen LogP contribution is 2.30. The summed E-state index contributed by atoms with van der Waals surface area (Å²) in [6.07, 6.45) is 2.42. The van der Waals surface area contributed by atoms with Gasteiger partial charge >= 0.3 is 5.97 Å². The molecule has 0 aromatic carbocycles. The second kappa shape index (κ2) is 5.44. The lowest BCUT2D eigenvalue weighted by atomic mass is 10.2. The standard InChI is InChI=1S/C11H17N3O2S2/c1-11(2,3)16-8(15)6-17-10-14-13-9(18-10)12-7-4-5-7/h7H,4-6H2,1-3H3,(H,12,13). The minimum absolute atomic E-state index is 0.223. The number of ether oxygens (including phenoxy) is 1. The van der Waals surface area contributed by atoms with Gasteiger partial charge in [0.05, 0.1) is 5.75 Å². The monoisotopic (exact) mass is 287 g/mol. The minimum Gasteiger partial charge on any atom is -0.459 e. The molecule has 1 aromatic rings. The number of hydrogen-bond acceptors (Lipinski definition) is 7. The fourth-order valence-electron chi connectivity index (χ4n) is 1.22. The third kappa shape index (κ3) is 4.81. The summed E-state index contributed by atoms with van der Waals surface area (Å²) in [5, 5.41) is 12.2. The Bertz CT molecular complexity index is 424. The Balaban J connectivity index is 1.75. The van der Waals surface area contributed by atoms with Crippen LogP contribution in [0.1, 0.15) is 33.6 Å². The first-order valence-electron chi connectivity index (χ1n) is 5.87. The zero-order chi connectivity index (χ0) is 13.2. The summed E-state index contributed by atoms with van der Waals surface area (Å²) in [7, 11) is 0. The van der Waals surface area contributed by atoms with Crippen LogP contribution in [0.5, 0.6) is 0 Å². The van der Waals surface area contributed by atoms with Crippen LogP contribution in [0.3, 0.4) is 0 Å². The highest BCUT2D eigenvalue weighted by atomic mass is 32.2. The summed E-state index contributed by atoms with van der Waals surface area (Å²) in [6.45, 7) is 5.58. The molecule has 1 fully saturated rings. The zero-order valence-corrected chi connectivity index (χ0v) is 12.4. The summed E-state index contributed by atoms with van der Waals surface area (Å²) in [6, 6.07) is 0.571. The maximum Gasteiger partial charge on any atom is 0.316 e. The van der Waals surface area contributed by atoms with E-state index in [0.717, 1.165) is 9.47 Å². The van der Waals surface area contributed by atoms with Crippen LogP contribution in [0, 0.1) is 0 Å². The summed E-state index contributed by atoms with van der Waals surface area (Å²) in [5.74, 6) is 0.0504. The molecule has 7 heteroatoms. The van der Waals surface area contributed by atoms with E-state index < -0.39 is 5.60 Å². The number of aromatic nitrogens is 2. The second-order valence-corrected chi connectivity index (χ2v) is 7.37. The molecule has 5 nitrogen and oxygen atoms in total. The molecule has 0 unspecified atom stereocenters. The average molecular weight is 287 g/mol. The molecule has 1 heterocycles. The van der Waals surface area contributed by atoms with Gasteiger partial charge in [-0.3, -0.25) is 4.79 Å². The van der Waals surface area contributed by atoms with Gasteiger partial charge < -0.3 is 10.1 Å². The number of hydrogen-bond donors (Lipinski definition) is 1. The predicted octanol–water partition coefficient (Wildman–Crippen LogP) is 2.55. The summed E-state index contributed by atoms with van der Waals surface area (Å²) in [5.41, 5.74) is -0.433. The van der Waals surface area contributed by atoms with Gasteiger partial charge in [-0.2, -0.15) is 0 Å². The van der Waals surface area contributed by atoms with Crippen molar-refractivity contribution in [1.82, 2.24) is 10.2 Å². The van der Waals surface area contributed by atoms with Crippen molar-refractivity contribution in [2.24, 2.45) is 0 Å². The molecular weight excluding hydrogens is 270 g/mol. The van der Waals surface area contributed by atoms with E-state index >= 15 is 0 Å². The normalized spacial score (nSPS) is 15.5. The van der Waals surface area contributed by atoms with Crippen LogP contribution in [0.4, 0.5) is 5.13 Å². The lowest BCUT2D eigenvalue weighted by Gasteiger charge is -2.18. The molecule has 1 N–H and O–H groups in total. The molecule has 0 radical (unpaired) electrons. The highest BCUT2D eigenvalue weighted by Gasteiger charge is 2.22. The molecule has 100 valence electrons. The van der Waals surface area contributed by atoms with Crippen LogP contribution >= 0.6 is 23.1 Å². The number of carbonyl (C=O) groups excluding carboxylic acids is 1. The first-order chi connectivity index (χ1) is 8.42. The van der Waals surface area contributed by atoms with Gasteiger partial charge in [0.2, 0.25) is 5.13 Å². The van der Waals surface area contributed by atoms with E-state index in [1.54, 1.807) is 0 Å². The van der Waals surface area contributed by atoms with Crippen molar-refractivity contribution in [2.75, 3.05) is 11.1 Å². The Morgan fingerprint density at radius 3 is 2.83 bits per heavy atom. The third-order valence-electron chi connectivity index (χ3n) is 2.04. The number of thioether (sulfide) groups is 1. The summed E-state index contributed by atoms with van der Waals surface area (Å²) < 4.78 is 6.02. The van der Waals surface area contributed by atoms with Crippen molar-refractivity contribution < 1.29 is 9.53 Å². The lowest BCUT2D eigenvalue weighted by Crippen LogP contribution is -2.24. The zero-order valence-electron chi connectivity index (χ0n) is 10.7. The van der Waals surface area contributed by atoms with Gasteiger partial charge in [0.1, 0.15) is 5.60 Å². The first-order valence-corrected chi connectivity index (χ1v) is 7.67. The van der Waals surface area contributed by atoms with Gasteiger partial charge in [-0.15, -0.1) is 10.2 Å². The van der Waals surface area contributed by atoms with Crippen LogP contribution in [0.25, 0.3) is 0 Å². The quantitative estimate of drug-likeness (QED) is 0.663. The number of nitrogens with one attached hydrogen (secondary N) is 1. The molecule has 1 aliphatic carbocycles. The smallest absolute Gasteiger partial charge is 0.316 e. The summed E-state index contributed by atoms with van der Waals surface area (Å²) >= 11 is 2.85. The molecule has 0 atom stereocenters. The number of carbonyl (C=O) groups is 1. The molecule has 1 saturated carbocycles. The van der Waals surface area contributed by atoms with E-state index in [1.165, 1.54) is 35.9 Å². The largest absolute Gasteiger partial charge is 0.459 e. The molecule has 1 aliphatic rings. The van der Waals surface area contributed by atoms with Crippen LogP contribution in [0.15, 0.2) is 4.34 Å². The van der Waals surface area contributed by atoms with Crippen molar-refractivity contribution in [3.8, 4) is 0 Å². The van der Waals surface area contributed by atoms with E-state index in [0.29, 0.717) is 6.04 Å². The molecule has 0 bridgehead atoms. The Hall–Kier alpha value is -0.820. The Kier molecular flexibility index (Phi) is 4.11. The van der Waals surface area contributed by atoms with Crippen LogP contribution in [-0.2, 0) is 9.53 Å². The van der Waals surface area contributed by atoms with Crippen molar-refractivity contribution in [2.45, 2.75) is 49.6 Å². The molecule has 0 aliphatic heterocycles. The Morgan fingerprint density at radius 1 is 1.50 bits per heavy atom. The lowest BCUT2D eigenvalue weighted by molar-refractivity contribution is -0.151. The Labute approximate surface area is 115 Å². The van der Waals surface area contributed by atoms with Crippen LogP contribution < -0.4 is 5.32 Å². The molecule has 0 saturated heterocycles. The predicted molar refractivity (Wildman–Crippen MR) is 73.1 cm³/mol. The first kappa shape index (κ1) is 13.6. The maximum atomic E-state index is 11.5. The number of esters is 1. The van der Waals surface area contributed by atoms with Crippen molar-refractivity contribution in [3.63, 3.8) is 0 Å². The van der Waals surface area contributed by atoms with Crippen LogP contribution in [0.2, 0.25) is 0 Å². The van der Waals surface area contributed by atoms with Gasteiger partial charge in [-0.05, 0) is 33.6 Å². The van der Waals surface area contributed by atoms with Crippen molar-refractivity contribution in [3.05, 3.63) is 0 Å². The van der Waals surface area contributed by atoms with E-state index in [1.807, 2.05) is 20.8 Å². The number of anilines is 1. The molecule has 18 heavy (non-hydrogen) atoms. The second-order valence-electron chi connectivity index (χ2n) is 5.17. The molecule has 0 spiro atoms. The van der Waals surface area contributed by atoms with Crippen molar-refractivity contribution >= 4 is 34.2 Å². The van der Waals surface area contributed by atoms with Gasteiger partial charge in [-0.25, -0.2) is 0 Å². The molecule has 1 aromatic heterocycles. The molecule has 2 rings (SSSR count). The fourth-order valence-corrected chi connectivity index (χ4v) is 2.82. The van der Waals surface area contributed by atoms with E-state index in [-0.39, 0.29) is 11.7 Å². The third-order valence-corrected chi connectivity index (χ3v) is 4.01. The van der Waals surface area contributed by atoms with Crippen LogP contribution in [-0.4, -0.2) is 33.6 Å². The average Bonchev–Trinajstić information content (AvgIpc) is 2.91. The van der Waals surface area contributed by atoms with E-state index in [9.17, 15) is 4.79 Å². The topological polar surface area (TPSA) is 64.1 Å². The van der Waals surface area contributed by atoms with E-state index in [2.05, 4.69) is 15.5 Å². The summed E-state index contributed by atoms with van der Waals surface area (Å²) in [4.78, 5) is 11.5.